The Morgan fingerprint density at radius 3 is 2.54 bits per heavy atom. The zero-order valence-electron chi connectivity index (χ0n) is 15.6. The molecule has 1 aromatic heterocycles. The molecule has 1 aromatic carbocycles. The number of ether oxygens (including phenoxy) is 1. The molecule has 28 heavy (non-hydrogen) atoms. The lowest BCUT2D eigenvalue weighted by Crippen LogP contribution is -2.41. The van der Waals surface area contributed by atoms with Gasteiger partial charge in [0.05, 0.1) is 11.3 Å². The van der Waals surface area contributed by atoms with Gasteiger partial charge in [-0.25, -0.2) is 0 Å². The summed E-state index contributed by atoms with van der Waals surface area (Å²) in [7, 11) is 1.54. The van der Waals surface area contributed by atoms with E-state index >= 15 is 0 Å². The van der Waals surface area contributed by atoms with E-state index in [0.717, 1.165) is 12.1 Å². The van der Waals surface area contributed by atoms with Gasteiger partial charge in [-0.2, -0.15) is 13.2 Å². The van der Waals surface area contributed by atoms with Gasteiger partial charge < -0.3 is 9.64 Å². The maximum Gasteiger partial charge on any atom is 0.416 e. The summed E-state index contributed by atoms with van der Waals surface area (Å²) in [6, 6.07) is 7.67. The first kappa shape index (κ1) is 19.7. The summed E-state index contributed by atoms with van der Waals surface area (Å²) in [5.41, 5.74) is -1.24. The van der Waals surface area contributed by atoms with Crippen molar-refractivity contribution < 1.29 is 22.7 Å². The number of pyridine rings is 1. The second kappa shape index (κ2) is 6.85. The van der Waals surface area contributed by atoms with Crippen LogP contribution in [0.25, 0.3) is 5.70 Å². The lowest BCUT2D eigenvalue weighted by molar-refractivity contribution is -0.137. The lowest BCUT2D eigenvalue weighted by Gasteiger charge is -2.38. The molecule has 5 nitrogen and oxygen atoms in total. The summed E-state index contributed by atoms with van der Waals surface area (Å²) in [6.45, 7) is 3.58. The van der Waals surface area contributed by atoms with Crippen molar-refractivity contribution in [3.8, 4) is 5.75 Å². The molecular weight excluding hydrogens is 373 g/mol. The van der Waals surface area contributed by atoms with Crippen LogP contribution in [0.1, 0.15) is 25.0 Å². The summed E-state index contributed by atoms with van der Waals surface area (Å²) < 4.78 is 47.1. The van der Waals surface area contributed by atoms with Crippen LogP contribution in [0.2, 0.25) is 0 Å². The number of amides is 1. The van der Waals surface area contributed by atoms with E-state index in [4.69, 9.17) is 4.74 Å². The van der Waals surface area contributed by atoms with Gasteiger partial charge in [0.1, 0.15) is 11.4 Å². The number of hydrogen-bond acceptors (Lipinski definition) is 3. The fourth-order valence-corrected chi connectivity index (χ4v) is 3.20. The van der Waals surface area contributed by atoms with Gasteiger partial charge in [0.25, 0.3) is 5.56 Å². The second-order valence-electron chi connectivity index (χ2n) is 7.08. The number of carbonyl (C=O) groups excluding carboxylic acids is 1. The van der Waals surface area contributed by atoms with Crippen molar-refractivity contribution in [2.75, 3.05) is 13.6 Å². The van der Waals surface area contributed by atoms with Crippen LogP contribution in [0.15, 0.2) is 53.0 Å². The maximum absolute atomic E-state index is 13.3. The molecule has 0 radical (unpaired) electrons. The van der Waals surface area contributed by atoms with Crippen LogP contribution in [0.5, 0.6) is 5.75 Å². The molecule has 1 aliphatic heterocycles. The van der Waals surface area contributed by atoms with Crippen molar-refractivity contribution in [2.45, 2.75) is 25.6 Å². The standard InChI is InChI=1S/C20H19F3N2O3/c1-19(2)15(11-24(3)12-26)18(25-9-5-4-6-17(25)27)14-10-13(20(21,22)23)7-8-16(14)28-19/h4-10,12H,11H2,1-3H3. The van der Waals surface area contributed by atoms with E-state index < -0.39 is 22.9 Å². The molecule has 0 N–H and O–H groups in total. The van der Waals surface area contributed by atoms with Crippen LogP contribution in [0.4, 0.5) is 13.2 Å². The Balaban J connectivity index is 2.37. The van der Waals surface area contributed by atoms with Crippen LogP contribution in [0, 0.1) is 0 Å². The molecule has 0 fully saturated rings. The monoisotopic (exact) mass is 392 g/mol. The minimum Gasteiger partial charge on any atom is -0.483 e. The number of benzene rings is 1. The molecule has 0 saturated heterocycles. The molecule has 148 valence electrons. The molecule has 1 aliphatic rings. The second-order valence-corrected chi connectivity index (χ2v) is 7.08. The predicted molar refractivity (Wildman–Crippen MR) is 97.9 cm³/mol. The van der Waals surface area contributed by atoms with Gasteiger partial charge in [0.15, 0.2) is 0 Å². The molecule has 0 unspecified atom stereocenters. The SMILES string of the molecule is CN(C=O)CC1=C(n2ccccc2=O)c2cc(C(F)(F)F)ccc2OC1(C)C. The molecule has 1 amide bonds. The number of aromatic nitrogens is 1. The number of likely N-dealkylation sites (N-methyl/N-ethyl adjacent to an activating group) is 1. The first-order valence-corrected chi connectivity index (χ1v) is 8.52. The maximum atomic E-state index is 13.3. The molecule has 2 heterocycles. The van der Waals surface area contributed by atoms with Crippen LogP contribution >= 0.6 is 0 Å². The Morgan fingerprint density at radius 1 is 1.21 bits per heavy atom. The zero-order valence-corrected chi connectivity index (χ0v) is 15.6. The minimum absolute atomic E-state index is 0.0862. The quantitative estimate of drug-likeness (QED) is 0.750. The van der Waals surface area contributed by atoms with Crippen molar-refractivity contribution in [3.63, 3.8) is 0 Å². The Labute approximate surface area is 159 Å². The molecular formula is C20H19F3N2O3. The summed E-state index contributed by atoms with van der Waals surface area (Å²) in [6.07, 6.45) is -2.45. The molecule has 3 rings (SSSR count). The van der Waals surface area contributed by atoms with Crippen molar-refractivity contribution in [1.29, 1.82) is 0 Å². The first-order valence-electron chi connectivity index (χ1n) is 8.52. The largest absolute Gasteiger partial charge is 0.483 e. The molecule has 0 bridgehead atoms. The number of rotatable bonds is 4. The summed E-state index contributed by atoms with van der Waals surface area (Å²) >= 11 is 0. The molecule has 0 aliphatic carbocycles. The normalized spacial score (nSPS) is 15.6. The average molecular weight is 392 g/mol. The smallest absolute Gasteiger partial charge is 0.416 e. The highest BCUT2D eigenvalue weighted by Crippen LogP contribution is 2.43. The third kappa shape index (κ3) is 3.54. The number of nitrogens with zero attached hydrogens (tertiary/aromatic N) is 2. The van der Waals surface area contributed by atoms with Crippen LogP contribution in [-0.4, -0.2) is 35.1 Å². The topological polar surface area (TPSA) is 51.5 Å². The van der Waals surface area contributed by atoms with E-state index in [1.165, 1.54) is 27.8 Å². The molecule has 0 saturated carbocycles. The molecule has 0 atom stereocenters. The third-order valence-electron chi connectivity index (χ3n) is 4.59. The number of fused-ring (bicyclic) bond motifs is 1. The van der Waals surface area contributed by atoms with E-state index in [1.54, 1.807) is 33.0 Å². The summed E-state index contributed by atoms with van der Waals surface area (Å²) in [5, 5.41) is 0. The van der Waals surface area contributed by atoms with Gasteiger partial charge in [-0.3, -0.25) is 14.2 Å². The van der Waals surface area contributed by atoms with E-state index in [9.17, 15) is 22.8 Å². The molecule has 0 spiro atoms. The highest BCUT2D eigenvalue weighted by molar-refractivity contribution is 5.78. The average Bonchev–Trinajstić information content (AvgIpc) is 2.61. The van der Waals surface area contributed by atoms with Crippen LogP contribution in [-0.2, 0) is 11.0 Å². The van der Waals surface area contributed by atoms with Gasteiger partial charge >= 0.3 is 6.18 Å². The Kier molecular flexibility index (Phi) is 4.82. The fraction of sp³-hybridized carbons (Fsp3) is 0.300. The number of carbonyl (C=O) groups is 1. The van der Waals surface area contributed by atoms with Crippen molar-refractivity contribution in [2.24, 2.45) is 0 Å². The van der Waals surface area contributed by atoms with Crippen molar-refractivity contribution in [1.82, 2.24) is 9.47 Å². The van der Waals surface area contributed by atoms with Gasteiger partial charge in [0, 0.05) is 37.0 Å². The molecule has 8 heteroatoms. The number of halogens is 3. The highest BCUT2D eigenvalue weighted by atomic mass is 19.4. The fourth-order valence-electron chi connectivity index (χ4n) is 3.20. The minimum atomic E-state index is -4.55. The van der Waals surface area contributed by atoms with Gasteiger partial charge in [-0.1, -0.05) is 6.07 Å². The Bertz CT molecular complexity index is 1010. The Morgan fingerprint density at radius 2 is 1.93 bits per heavy atom. The lowest BCUT2D eigenvalue weighted by atomic mass is 9.88. The van der Waals surface area contributed by atoms with Crippen LogP contribution < -0.4 is 10.3 Å². The molecule has 2 aromatic rings. The first-order chi connectivity index (χ1) is 13.0. The third-order valence-corrected chi connectivity index (χ3v) is 4.59. The van der Waals surface area contributed by atoms with Crippen molar-refractivity contribution in [3.05, 3.63) is 69.6 Å². The van der Waals surface area contributed by atoms with E-state index in [0.29, 0.717) is 12.0 Å². The van der Waals surface area contributed by atoms with E-state index in [2.05, 4.69) is 0 Å². The van der Waals surface area contributed by atoms with Gasteiger partial charge in [0.2, 0.25) is 6.41 Å². The summed E-state index contributed by atoms with van der Waals surface area (Å²) in [4.78, 5) is 25.0. The number of hydrogen-bond donors (Lipinski definition) is 0. The van der Waals surface area contributed by atoms with Gasteiger partial charge in [-0.15, -0.1) is 0 Å². The summed E-state index contributed by atoms with van der Waals surface area (Å²) in [5.74, 6) is 0.237. The van der Waals surface area contributed by atoms with Gasteiger partial charge in [-0.05, 0) is 38.1 Å². The highest BCUT2D eigenvalue weighted by Gasteiger charge is 2.39. The van der Waals surface area contributed by atoms with E-state index in [1.807, 2.05) is 0 Å². The van der Waals surface area contributed by atoms with E-state index in [-0.39, 0.29) is 23.6 Å². The zero-order chi connectivity index (χ0) is 20.7. The Hall–Kier alpha value is -3.03. The van der Waals surface area contributed by atoms with Crippen molar-refractivity contribution >= 4 is 12.1 Å². The number of alkyl halides is 3. The van der Waals surface area contributed by atoms with Crippen LogP contribution in [0.3, 0.4) is 0 Å². The predicted octanol–water partition coefficient (Wildman–Crippen LogP) is 3.39.